The van der Waals surface area contributed by atoms with Crippen LogP contribution in [0, 0.1) is 21.4 Å². The number of esters is 1. The van der Waals surface area contributed by atoms with Gasteiger partial charge in [0.15, 0.2) is 5.78 Å². The number of benzene rings is 1. The smallest absolute Gasteiger partial charge is 0.320 e. The maximum absolute atomic E-state index is 12.9. The number of allylic oxidation sites excluding steroid dienone is 1. The van der Waals surface area contributed by atoms with Gasteiger partial charge in [-0.3, -0.25) is 19.7 Å². The van der Waals surface area contributed by atoms with Gasteiger partial charge in [-0.15, -0.1) is 6.58 Å². The number of nitro groups is 1. The number of non-ortho nitro benzene ring substituents is 1. The normalized spacial score (nSPS) is 21.6. The van der Waals surface area contributed by atoms with Crippen LogP contribution in [0.2, 0.25) is 0 Å². The highest BCUT2D eigenvalue weighted by molar-refractivity contribution is 6.14. The Labute approximate surface area is 127 Å². The second-order valence-corrected chi connectivity index (χ2v) is 5.41. The maximum Gasteiger partial charge on any atom is 0.320 e. The predicted molar refractivity (Wildman–Crippen MR) is 79.6 cm³/mol. The molecule has 1 aromatic carbocycles. The molecule has 0 heterocycles. The van der Waals surface area contributed by atoms with Crippen LogP contribution in [0.3, 0.4) is 0 Å². The molecule has 6 nitrogen and oxygen atoms in total. The van der Waals surface area contributed by atoms with Crippen molar-refractivity contribution in [3.63, 3.8) is 0 Å². The fourth-order valence-corrected chi connectivity index (χ4v) is 2.99. The van der Waals surface area contributed by atoms with E-state index in [2.05, 4.69) is 6.58 Å². The van der Waals surface area contributed by atoms with Crippen LogP contribution in [0.5, 0.6) is 0 Å². The number of carbonyl (C=O) groups is 2. The zero-order chi connectivity index (χ0) is 16.5. The van der Waals surface area contributed by atoms with Crippen LogP contribution in [0.15, 0.2) is 30.9 Å². The molecular weight excluding hydrogens is 286 g/mol. The van der Waals surface area contributed by atoms with Gasteiger partial charge in [0.1, 0.15) is 5.41 Å². The van der Waals surface area contributed by atoms with Crippen LogP contribution in [-0.2, 0) is 16.0 Å². The van der Waals surface area contributed by atoms with E-state index in [1.54, 1.807) is 13.0 Å². The van der Waals surface area contributed by atoms with Gasteiger partial charge in [0.2, 0.25) is 0 Å². The molecule has 0 saturated carbocycles. The topological polar surface area (TPSA) is 86.5 Å². The molecule has 0 radical (unpaired) electrons. The fourth-order valence-electron chi connectivity index (χ4n) is 2.99. The quantitative estimate of drug-likeness (QED) is 0.280. The summed E-state index contributed by atoms with van der Waals surface area (Å²) >= 11 is 0. The molecule has 2 atom stereocenters. The first-order chi connectivity index (χ1) is 10.4. The highest BCUT2D eigenvalue weighted by Crippen LogP contribution is 2.43. The average Bonchev–Trinajstić information content (AvgIpc) is 2.53. The van der Waals surface area contributed by atoms with E-state index in [4.69, 9.17) is 4.74 Å². The van der Waals surface area contributed by atoms with E-state index in [-0.39, 0.29) is 11.3 Å². The molecule has 6 heteroatoms. The van der Waals surface area contributed by atoms with Crippen molar-refractivity contribution in [2.45, 2.75) is 19.8 Å². The first-order valence-electron chi connectivity index (χ1n) is 6.91. The summed E-state index contributed by atoms with van der Waals surface area (Å²) in [5.74, 6) is -1.49. The molecule has 0 aromatic heterocycles. The lowest BCUT2D eigenvalue weighted by atomic mass is 9.64. The minimum Gasteiger partial charge on any atom is -0.468 e. The van der Waals surface area contributed by atoms with Gasteiger partial charge in [-0.05, 0) is 24.3 Å². The number of aryl methyl sites for hydroxylation is 1. The van der Waals surface area contributed by atoms with E-state index in [1.165, 1.54) is 25.3 Å². The third-order valence-electron chi connectivity index (χ3n) is 4.42. The number of ketones is 1. The molecule has 1 aromatic rings. The van der Waals surface area contributed by atoms with Crippen LogP contribution in [0.25, 0.3) is 0 Å². The summed E-state index contributed by atoms with van der Waals surface area (Å²) in [7, 11) is 1.23. The second-order valence-electron chi connectivity index (χ2n) is 5.41. The van der Waals surface area contributed by atoms with Gasteiger partial charge in [0.05, 0.1) is 12.0 Å². The van der Waals surface area contributed by atoms with E-state index < -0.39 is 28.0 Å². The van der Waals surface area contributed by atoms with Crippen molar-refractivity contribution in [1.29, 1.82) is 0 Å². The van der Waals surface area contributed by atoms with Crippen molar-refractivity contribution in [3.8, 4) is 0 Å². The number of hydrogen-bond acceptors (Lipinski definition) is 5. The van der Waals surface area contributed by atoms with E-state index in [0.29, 0.717) is 18.4 Å². The third-order valence-corrected chi connectivity index (χ3v) is 4.42. The molecule has 0 spiro atoms. The van der Waals surface area contributed by atoms with Gasteiger partial charge in [-0.1, -0.05) is 19.1 Å². The van der Waals surface area contributed by atoms with Crippen LogP contribution in [0.1, 0.15) is 29.3 Å². The van der Waals surface area contributed by atoms with Gasteiger partial charge in [-0.25, -0.2) is 0 Å². The van der Waals surface area contributed by atoms with Crippen molar-refractivity contribution in [1.82, 2.24) is 0 Å². The van der Waals surface area contributed by atoms with E-state index in [0.717, 1.165) is 0 Å². The first kappa shape index (κ1) is 15.9. The molecule has 22 heavy (non-hydrogen) atoms. The van der Waals surface area contributed by atoms with Gasteiger partial charge in [-0.2, -0.15) is 0 Å². The van der Waals surface area contributed by atoms with Crippen molar-refractivity contribution >= 4 is 17.4 Å². The summed E-state index contributed by atoms with van der Waals surface area (Å²) in [4.78, 5) is 35.6. The van der Waals surface area contributed by atoms with Crippen LogP contribution < -0.4 is 0 Å². The Balaban J connectivity index is 2.61. The Morgan fingerprint density at radius 3 is 2.77 bits per heavy atom. The van der Waals surface area contributed by atoms with Gasteiger partial charge in [0.25, 0.3) is 5.69 Å². The third kappa shape index (κ3) is 2.20. The minimum atomic E-state index is -1.36. The minimum absolute atomic E-state index is 0.168. The summed E-state index contributed by atoms with van der Waals surface area (Å²) in [6.45, 7) is 5.39. The Hall–Kier alpha value is -2.50. The summed E-state index contributed by atoms with van der Waals surface area (Å²) in [6.07, 6.45) is 2.32. The van der Waals surface area contributed by atoms with Crippen molar-refractivity contribution in [3.05, 3.63) is 52.1 Å². The molecule has 2 rings (SSSR count). The van der Waals surface area contributed by atoms with E-state index in [9.17, 15) is 19.7 Å². The number of ether oxygens (including phenoxy) is 1. The highest BCUT2D eigenvalue weighted by atomic mass is 16.6. The summed E-state index contributed by atoms with van der Waals surface area (Å²) in [5.41, 5.74) is -0.594. The molecular formula is C16H17NO5. The predicted octanol–water partition coefficient (Wildman–Crippen LogP) is 2.71. The fraction of sp³-hybridized carbons (Fsp3) is 0.375. The summed E-state index contributed by atoms with van der Waals surface area (Å²) in [6, 6.07) is 4.18. The highest BCUT2D eigenvalue weighted by Gasteiger charge is 2.52. The van der Waals surface area contributed by atoms with Gasteiger partial charge in [0, 0.05) is 17.7 Å². The van der Waals surface area contributed by atoms with Gasteiger partial charge < -0.3 is 4.74 Å². The SMILES string of the molecule is C=C[C@H](C)[C@@]1(C(=O)OC)CCc2ccc([N+](=O)[O-])cc2C1=O. The zero-order valence-electron chi connectivity index (χ0n) is 12.5. The second kappa shape index (κ2) is 5.71. The lowest BCUT2D eigenvalue weighted by Crippen LogP contribution is -2.47. The number of rotatable bonds is 4. The molecule has 116 valence electrons. The molecule has 0 unspecified atom stereocenters. The van der Waals surface area contributed by atoms with Crippen molar-refractivity contribution in [2.24, 2.45) is 11.3 Å². The Bertz CT molecular complexity index is 667. The van der Waals surface area contributed by atoms with Crippen LogP contribution >= 0.6 is 0 Å². The lowest BCUT2D eigenvalue weighted by molar-refractivity contribution is -0.384. The molecule has 0 bridgehead atoms. The molecule has 1 aliphatic rings. The molecule has 0 aliphatic heterocycles. The summed E-state index contributed by atoms with van der Waals surface area (Å²) < 4.78 is 4.84. The lowest BCUT2D eigenvalue weighted by Gasteiger charge is -2.37. The number of nitro benzene ring substituents is 1. The van der Waals surface area contributed by atoms with Crippen molar-refractivity contribution in [2.75, 3.05) is 7.11 Å². The molecule has 1 aliphatic carbocycles. The Morgan fingerprint density at radius 2 is 2.23 bits per heavy atom. The first-order valence-corrected chi connectivity index (χ1v) is 6.91. The number of nitrogens with zero attached hydrogens (tertiary/aromatic N) is 1. The number of methoxy groups -OCH3 is 1. The summed E-state index contributed by atoms with van der Waals surface area (Å²) in [5, 5.41) is 10.9. The number of fused-ring (bicyclic) bond motifs is 1. The standard InChI is InChI=1S/C16H17NO5/c1-4-10(2)16(15(19)22-3)8-7-11-5-6-12(17(20)21)9-13(11)14(16)18/h4-6,9-10H,1,7-8H2,2-3H3/t10-,16-/m0/s1. The largest absolute Gasteiger partial charge is 0.468 e. The molecule has 0 N–H and O–H groups in total. The van der Waals surface area contributed by atoms with E-state index >= 15 is 0 Å². The molecule has 0 saturated heterocycles. The molecule has 0 amide bonds. The van der Waals surface area contributed by atoms with Crippen molar-refractivity contribution < 1.29 is 19.2 Å². The number of hydrogen-bond donors (Lipinski definition) is 0. The molecule has 0 fully saturated rings. The van der Waals surface area contributed by atoms with Crippen LogP contribution in [-0.4, -0.2) is 23.8 Å². The monoisotopic (exact) mass is 303 g/mol. The average molecular weight is 303 g/mol. The zero-order valence-corrected chi connectivity index (χ0v) is 12.5. The Kier molecular flexibility index (Phi) is 4.12. The van der Waals surface area contributed by atoms with E-state index in [1.807, 2.05) is 0 Å². The number of Topliss-reactive ketones (excluding diaryl/α,β-unsaturated/α-hetero) is 1. The Morgan fingerprint density at radius 1 is 1.55 bits per heavy atom. The number of carbonyl (C=O) groups excluding carboxylic acids is 2. The maximum atomic E-state index is 12.9. The van der Waals surface area contributed by atoms with Crippen LogP contribution in [0.4, 0.5) is 5.69 Å². The van der Waals surface area contributed by atoms with Gasteiger partial charge >= 0.3 is 5.97 Å².